The van der Waals surface area contributed by atoms with Crippen LogP contribution in [-0.2, 0) is 6.42 Å². The van der Waals surface area contributed by atoms with E-state index in [0.717, 1.165) is 22.6 Å². The summed E-state index contributed by atoms with van der Waals surface area (Å²) in [7, 11) is 3.20. The van der Waals surface area contributed by atoms with Gasteiger partial charge in [-0.05, 0) is 36.6 Å². The molecule has 0 saturated heterocycles. The Morgan fingerprint density at radius 1 is 1.29 bits per heavy atom. The molecule has 0 aliphatic rings. The van der Waals surface area contributed by atoms with Crippen molar-refractivity contribution >= 4 is 6.09 Å². The number of ether oxygens (including phenoxy) is 2. The van der Waals surface area contributed by atoms with Crippen LogP contribution < -0.4 is 14.8 Å². The maximum Gasteiger partial charge on any atom is 0.404 e. The van der Waals surface area contributed by atoms with Gasteiger partial charge >= 0.3 is 6.09 Å². The summed E-state index contributed by atoms with van der Waals surface area (Å²) < 4.78 is 10.5. The molecule has 5 heteroatoms. The fraction of sp³-hybridized carbons (Fsp3) is 0.417. The number of carbonyl (C=O) groups is 1. The van der Waals surface area contributed by atoms with Crippen LogP contribution in [0, 0.1) is 6.92 Å². The predicted molar refractivity (Wildman–Crippen MR) is 64.0 cm³/mol. The Balaban J connectivity index is 2.84. The molecule has 1 aromatic carbocycles. The average molecular weight is 239 g/mol. The molecular weight excluding hydrogens is 222 g/mol. The van der Waals surface area contributed by atoms with Gasteiger partial charge in [-0.2, -0.15) is 0 Å². The number of hydrogen-bond acceptors (Lipinski definition) is 3. The smallest absolute Gasteiger partial charge is 0.404 e. The third kappa shape index (κ3) is 3.55. The Labute approximate surface area is 100 Å². The van der Waals surface area contributed by atoms with Crippen LogP contribution in [0.25, 0.3) is 0 Å². The molecule has 5 nitrogen and oxygen atoms in total. The van der Waals surface area contributed by atoms with Crippen molar-refractivity contribution in [2.24, 2.45) is 0 Å². The Morgan fingerprint density at radius 2 is 1.94 bits per heavy atom. The monoisotopic (exact) mass is 239 g/mol. The molecule has 0 heterocycles. The Kier molecular flexibility index (Phi) is 4.63. The van der Waals surface area contributed by atoms with Crippen molar-refractivity contribution in [2.45, 2.75) is 13.3 Å². The van der Waals surface area contributed by atoms with E-state index in [0.29, 0.717) is 13.0 Å². The second-order valence-electron chi connectivity index (χ2n) is 3.62. The molecule has 0 radical (unpaired) electrons. The molecular formula is C12H17NO4. The average Bonchev–Trinajstić information content (AvgIpc) is 2.30. The largest absolute Gasteiger partial charge is 0.496 e. The fourth-order valence-electron chi connectivity index (χ4n) is 1.61. The zero-order valence-corrected chi connectivity index (χ0v) is 10.2. The first kappa shape index (κ1) is 13.2. The third-order valence-electron chi connectivity index (χ3n) is 2.47. The Morgan fingerprint density at radius 3 is 2.47 bits per heavy atom. The van der Waals surface area contributed by atoms with E-state index in [1.54, 1.807) is 14.2 Å². The molecule has 0 spiro atoms. The van der Waals surface area contributed by atoms with Gasteiger partial charge in [0.15, 0.2) is 0 Å². The van der Waals surface area contributed by atoms with Gasteiger partial charge in [-0.3, -0.25) is 0 Å². The lowest BCUT2D eigenvalue weighted by molar-refractivity contribution is 0.194. The van der Waals surface area contributed by atoms with E-state index < -0.39 is 6.09 Å². The van der Waals surface area contributed by atoms with E-state index in [2.05, 4.69) is 5.32 Å². The molecule has 1 rings (SSSR count). The summed E-state index contributed by atoms with van der Waals surface area (Å²) in [6, 6.07) is 3.76. The molecule has 0 atom stereocenters. The van der Waals surface area contributed by atoms with Gasteiger partial charge in [0.25, 0.3) is 0 Å². The summed E-state index contributed by atoms with van der Waals surface area (Å²) in [5.74, 6) is 1.52. The van der Waals surface area contributed by atoms with Crippen LogP contribution in [0.4, 0.5) is 4.79 Å². The standard InChI is InChI=1S/C12H17NO4/c1-8-6-11(17-3)9(7-10(8)16-2)4-5-13-12(14)15/h6-7,13H,4-5H2,1-3H3,(H,14,15). The molecule has 2 N–H and O–H groups in total. The fourth-order valence-corrected chi connectivity index (χ4v) is 1.61. The molecule has 0 bridgehead atoms. The number of rotatable bonds is 5. The number of carboxylic acid groups (broad SMARTS) is 1. The maximum atomic E-state index is 10.4. The van der Waals surface area contributed by atoms with Crippen LogP contribution in [0.3, 0.4) is 0 Å². The van der Waals surface area contributed by atoms with Gasteiger partial charge in [0.1, 0.15) is 11.5 Å². The molecule has 0 saturated carbocycles. The van der Waals surface area contributed by atoms with Gasteiger partial charge in [-0.15, -0.1) is 0 Å². The lowest BCUT2D eigenvalue weighted by atomic mass is 10.1. The van der Waals surface area contributed by atoms with Crippen molar-refractivity contribution < 1.29 is 19.4 Å². The van der Waals surface area contributed by atoms with Crippen molar-refractivity contribution in [3.05, 3.63) is 23.3 Å². The summed E-state index contributed by atoms with van der Waals surface area (Å²) in [4.78, 5) is 10.4. The molecule has 1 amide bonds. The van der Waals surface area contributed by atoms with Crippen LogP contribution >= 0.6 is 0 Å². The highest BCUT2D eigenvalue weighted by atomic mass is 16.5. The molecule has 0 unspecified atom stereocenters. The highest BCUT2D eigenvalue weighted by molar-refractivity contribution is 5.64. The number of hydrogen-bond donors (Lipinski definition) is 2. The van der Waals surface area contributed by atoms with Crippen molar-refractivity contribution in [1.82, 2.24) is 5.32 Å². The Hall–Kier alpha value is -1.91. The van der Waals surface area contributed by atoms with Gasteiger partial charge in [0.2, 0.25) is 0 Å². The number of nitrogens with one attached hydrogen (secondary N) is 1. The minimum absolute atomic E-state index is 0.345. The van der Waals surface area contributed by atoms with Crippen molar-refractivity contribution in [3.63, 3.8) is 0 Å². The normalized spacial score (nSPS) is 9.82. The minimum Gasteiger partial charge on any atom is -0.496 e. The van der Waals surface area contributed by atoms with Gasteiger partial charge < -0.3 is 19.9 Å². The van der Waals surface area contributed by atoms with Gasteiger partial charge in [-0.1, -0.05) is 0 Å². The van der Waals surface area contributed by atoms with E-state index in [4.69, 9.17) is 14.6 Å². The van der Waals surface area contributed by atoms with Crippen molar-refractivity contribution in [2.75, 3.05) is 20.8 Å². The summed E-state index contributed by atoms with van der Waals surface area (Å²) in [5.41, 5.74) is 1.91. The van der Waals surface area contributed by atoms with Crippen LogP contribution in [0.5, 0.6) is 11.5 Å². The lowest BCUT2D eigenvalue weighted by Gasteiger charge is -2.12. The summed E-state index contributed by atoms with van der Waals surface area (Å²) in [5, 5.41) is 10.8. The van der Waals surface area contributed by atoms with E-state index in [1.165, 1.54) is 0 Å². The molecule has 0 aliphatic carbocycles. The van der Waals surface area contributed by atoms with E-state index in [9.17, 15) is 4.79 Å². The second kappa shape index (κ2) is 5.98. The first-order chi connectivity index (χ1) is 8.08. The van der Waals surface area contributed by atoms with Gasteiger partial charge in [0, 0.05) is 6.54 Å². The van der Waals surface area contributed by atoms with Crippen molar-refractivity contribution in [1.29, 1.82) is 0 Å². The molecule has 0 aliphatic heterocycles. The van der Waals surface area contributed by atoms with Crippen LogP contribution in [0.15, 0.2) is 12.1 Å². The summed E-state index contributed by atoms with van der Waals surface area (Å²) >= 11 is 0. The molecule has 0 fully saturated rings. The zero-order chi connectivity index (χ0) is 12.8. The molecule has 0 aromatic heterocycles. The predicted octanol–water partition coefficient (Wildman–Crippen LogP) is 1.82. The van der Waals surface area contributed by atoms with Crippen LogP contribution in [0.2, 0.25) is 0 Å². The van der Waals surface area contributed by atoms with Gasteiger partial charge in [-0.25, -0.2) is 4.79 Å². The topological polar surface area (TPSA) is 67.8 Å². The molecule has 1 aromatic rings. The molecule has 17 heavy (non-hydrogen) atoms. The highest BCUT2D eigenvalue weighted by Crippen LogP contribution is 2.28. The van der Waals surface area contributed by atoms with Crippen LogP contribution in [-0.4, -0.2) is 32.0 Å². The lowest BCUT2D eigenvalue weighted by Crippen LogP contribution is -2.23. The Bertz CT molecular complexity index is 404. The first-order valence-corrected chi connectivity index (χ1v) is 5.26. The van der Waals surface area contributed by atoms with Gasteiger partial charge in [0.05, 0.1) is 14.2 Å². The van der Waals surface area contributed by atoms with Crippen molar-refractivity contribution in [3.8, 4) is 11.5 Å². The zero-order valence-electron chi connectivity index (χ0n) is 10.2. The van der Waals surface area contributed by atoms with E-state index in [1.807, 2.05) is 19.1 Å². The summed E-state index contributed by atoms with van der Waals surface area (Å²) in [6.07, 6.45) is -0.463. The van der Waals surface area contributed by atoms with E-state index in [-0.39, 0.29) is 0 Å². The number of aryl methyl sites for hydroxylation is 1. The van der Waals surface area contributed by atoms with Crippen LogP contribution in [0.1, 0.15) is 11.1 Å². The first-order valence-electron chi connectivity index (χ1n) is 5.26. The number of methoxy groups -OCH3 is 2. The summed E-state index contributed by atoms with van der Waals surface area (Å²) in [6.45, 7) is 2.28. The quantitative estimate of drug-likeness (QED) is 0.822. The van der Waals surface area contributed by atoms with E-state index >= 15 is 0 Å². The minimum atomic E-state index is -1.02. The maximum absolute atomic E-state index is 10.4. The third-order valence-corrected chi connectivity index (χ3v) is 2.47. The molecule has 94 valence electrons. The second-order valence-corrected chi connectivity index (χ2v) is 3.62. The number of amides is 1. The number of benzene rings is 1. The SMILES string of the molecule is COc1cc(CCNC(=O)O)c(OC)cc1C. The highest BCUT2D eigenvalue weighted by Gasteiger charge is 2.08.